The molecule has 0 aromatic heterocycles. The molecule has 1 atom stereocenters. The van der Waals surface area contributed by atoms with Gasteiger partial charge >= 0.3 is 0 Å². The fourth-order valence-corrected chi connectivity index (χ4v) is 3.08. The van der Waals surface area contributed by atoms with E-state index in [1.54, 1.807) is 6.07 Å². The molecule has 1 aromatic rings. The lowest BCUT2D eigenvalue weighted by Gasteiger charge is -2.31. The van der Waals surface area contributed by atoms with Crippen LogP contribution in [0.4, 0.5) is 0 Å². The van der Waals surface area contributed by atoms with Gasteiger partial charge in [0, 0.05) is 29.2 Å². The largest absolute Gasteiger partial charge is 0.334 e. The van der Waals surface area contributed by atoms with Gasteiger partial charge in [-0.05, 0) is 50.4 Å². The van der Waals surface area contributed by atoms with E-state index in [4.69, 9.17) is 11.6 Å². The van der Waals surface area contributed by atoms with E-state index >= 15 is 0 Å². The van der Waals surface area contributed by atoms with Crippen LogP contribution in [0.15, 0.2) is 24.3 Å². The number of carbonyl (C=O) groups excluding carboxylic acids is 1. The van der Waals surface area contributed by atoms with Crippen molar-refractivity contribution >= 4 is 17.5 Å². The number of halogens is 1. The molecule has 3 rings (SSSR count). The number of carbonyl (C=O) groups is 1. The molecule has 1 heterocycles. The van der Waals surface area contributed by atoms with E-state index in [9.17, 15) is 4.79 Å². The Balaban J connectivity index is 1.71. The topological polar surface area (TPSA) is 32.3 Å². The van der Waals surface area contributed by atoms with Gasteiger partial charge in [-0.25, -0.2) is 0 Å². The molecule has 1 aliphatic heterocycles. The molecule has 1 amide bonds. The van der Waals surface area contributed by atoms with Crippen molar-refractivity contribution in [1.29, 1.82) is 0 Å². The number of hydrogen-bond donors (Lipinski definition) is 1. The summed E-state index contributed by atoms with van der Waals surface area (Å²) in [6.45, 7) is 1.91. The minimum absolute atomic E-state index is 0.127. The fourth-order valence-electron chi connectivity index (χ4n) is 2.89. The van der Waals surface area contributed by atoms with Crippen molar-refractivity contribution in [3.63, 3.8) is 0 Å². The van der Waals surface area contributed by atoms with E-state index in [1.165, 1.54) is 19.3 Å². The third kappa shape index (κ3) is 3.33. The highest BCUT2D eigenvalue weighted by atomic mass is 35.5. The summed E-state index contributed by atoms with van der Waals surface area (Å²) in [4.78, 5) is 14.7. The first kappa shape index (κ1) is 13.9. The Morgan fingerprint density at radius 2 is 2.15 bits per heavy atom. The number of benzene rings is 1. The van der Waals surface area contributed by atoms with Crippen molar-refractivity contribution in [2.75, 3.05) is 13.1 Å². The lowest BCUT2D eigenvalue weighted by molar-refractivity contribution is 0.0718. The van der Waals surface area contributed by atoms with Crippen LogP contribution in [0.3, 0.4) is 0 Å². The van der Waals surface area contributed by atoms with E-state index in [0.29, 0.717) is 22.7 Å². The van der Waals surface area contributed by atoms with Crippen LogP contribution in [-0.2, 0) is 0 Å². The zero-order valence-electron chi connectivity index (χ0n) is 11.6. The van der Waals surface area contributed by atoms with Gasteiger partial charge < -0.3 is 10.2 Å². The highest BCUT2D eigenvalue weighted by Crippen LogP contribution is 2.29. The molecule has 2 fully saturated rings. The monoisotopic (exact) mass is 292 g/mol. The maximum absolute atomic E-state index is 12.7. The molecular formula is C16H21ClN2O. The molecule has 20 heavy (non-hydrogen) atoms. The zero-order chi connectivity index (χ0) is 13.9. The minimum Gasteiger partial charge on any atom is -0.334 e. The van der Waals surface area contributed by atoms with Crippen LogP contribution in [0, 0.1) is 0 Å². The molecule has 1 N–H and O–H groups in total. The molecule has 1 aliphatic carbocycles. The van der Waals surface area contributed by atoms with E-state index in [-0.39, 0.29) is 5.91 Å². The number of amides is 1. The van der Waals surface area contributed by atoms with Gasteiger partial charge in [0.15, 0.2) is 0 Å². The maximum Gasteiger partial charge on any atom is 0.254 e. The molecule has 4 heteroatoms. The third-order valence-corrected chi connectivity index (χ3v) is 4.38. The van der Waals surface area contributed by atoms with E-state index in [2.05, 4.69) is 10.2 Å². The number of rotatable bonds is 4. The van der Waals surface area contributed by atoms with Gasteiger partial charge in [-0.1, -0.05) is 24.1 Å². The van der Waals surface area contributed by atoms with Crippen LogP contribution in [0.2, 0.25) is 5.02 Å². The second-order valence-electron chi connectivity index (χ2n) is 5.85. The first-order valence-electron chi connectivity index (χ1n) is 7.54. The lowest BCUT2D eigenvalue weighted by Crippen LogP contribution is -2.46. The van der Waals surface area contributed by atoms with Crippen molar-refractivity contribution in [2.45, 2.75) is 44.2 Å². The summed E-state index contributed by atoms with van der Waals surface area (Å²) in [5.74, 6) is 0.127. The fraction of sp³-hybridized carbons (Fsp3) is 0.562. The quantitative estimate of drug-likeness (QED) is 0.925. The molecule has 0 spiro atoms. The summed E-state index contributed by atoms with van der Waals surface area (Å²) >= 11 is 6.00. The van der Waals surface area contributed by atoms with Crippen LogP contribution in [0.5, 0.6) is 0 Å². The van der Waals surface area contributed by atoms with Crippen molar-refractivity contribution in [3.05, 3.63) is 34.9 Å². The summed E-state index contributed by atoms with van der Waals surface area (Å²) in [5, 5.41) is 4.16. The molecule has 108 valence electrons. The van der Waals surface area contributed by atoms with Crippen LogP contribution in [0.1, 0.15) is 42.5 Å². The molecule has 1 unspecified atom stereocenters. The first-order chi connectivity index (χ1) is 9.74. The molecule has 0 radical (unpaired) electrons. The van der Waals surface area contributed by atoms with Gasteiger partial charge in [0.2, 0.25) is 0 Å². The van der Waals surface area contributed by atoms with Gasteiger partial charge in [0.05, 0.1) is 0 Å². The van der Waals surface area contributed by atoms with Crippen molar-refractivity contribution in [1.82, 2.24) is 10.2 Å². The predicted molar refractivity (Wildman–Crippen MR) is 81.2 cm³/mol. The summed E-state index contributed by atoms with van der Waals surface area (Å²) < 4.78 is 0. The maximum atomic E-state index is 12.7. The Hall–Kier alpha value is -1.06. The number of nitrogens with zero attached hydrogens (tertiary/aromatic N) is 1. The Kier molecular flexibility index (Phi) is 4.27. The Bertz CT molecular complexity index is 481. The highest BCUT2D eigenvalue weighted by molar-refractivity contribution is 6.30. The Morgan fingerprint density at radius 1 is 1.30 bits per heavy atom. The Morgan fingerprint density at radius 3 is 2.80 bits per heavy atom. The van der Waals surface area contributed by atoms with Crippen molar-refractivity contribution in [2.24, 2.45) is 0 Å². The van der Waals surface area contributed by atoms with Crippen molar-refractivity contribution in [3.8, 4) is 0 Å². The second-order valence-corrected chi connectivity index (χ2v) is 6.28. The number of piperidine rings is 1. The molecule has 1 saturated heterocycles. The summed E-state index contributed by atoms with van der Waals surface area (Å²) in [6, 6.07) is 8.17. The zero-order valence-corrected chi connectivity index (χ0v) is 12.4. The smallest absolute Gasteiger partial charge is 0.254 e. The number of hydrogen-bond acceptors (Lipinski definition) is 2. The third-order valence-electron chi connectivity index (χ3n) is 4.15. The van der Waals surface area contributed by atoms with Gasteiger partial charge in [0.25, 0.3) is 5.91 Å². The van der Waals surface area contributed by atoms with E-state index < -0.39 is 0 Å². The van der Waals surface area contributed by atoms with Crippen LogP contribution < -0.4 is 5.32 Å². The van der Waals surface area contributed by atoms with Gasteiger partial charge in [0.1, 0.15) is 0 Å². The average Bonchev–Trinajstić information content (AvgIpc) is 3.30. The van der Waals surface area contributed by atoms with Gasteiger partial charge in [-0.15, -0.1) is 0 Å². The SMILES string of the molecule is O=C(c1cccc(Cl)c1)N(CC1CCCCN1)C1CC1. The number of nitrogens with one attached hydrogen (secondary N) is 1. The molecule has 0 bridgehead atoms. The summed E-state index contributed by atoms with van der Waals surface area (Å²) in [5.41, 5.74) is 0.709. The Labute approximate surface area is 125 Å². The standard InChI is InChI=1S/C16H21ClN2O/c17-13-5-3-4-12(10-13)16(20)19(15-7-8-15)11-14-6-1-2-9-18-14/h3-5,10,14-15,18H,1-2,6-9,11H2. The summed E-state index contributed by atoms with van der Waals surface area (Å²) in [7, 11) is 0. The van der Waals surface area contributed by atoms with Crippen molar-refractivity contribution < 1.29 is 4.79 Å². The van der Waals surface area contributed by atoms with E-state index in [1.807, 2.05) is 18.2 Å². The predicted octanol–water partition coefficient (Wildman–Crippen LogP) is 3.09. The lowest BCUT2D eigenvalue weighted by atomic mass is 10.0. The molecular weight excluding hydrogens is 272 g/mol. The average molecular weight is 293 g/mol. The van der Waals surface area contributed by atoms with Crippen LogP contribution in [-0.4, -0.2) is 36.0 Å². The minimum atomic E-state index is 0.127. The van der Waals surface area contributed by atoms with Crippen LogP contribution in [0.25, 0.3) is 0 Å². The van der Waals surface area contributed by atoms with E-state index in [0.717, 1.165) is 25.9 Å². The second kappa shape index (κ2) is 6.15. The molecule has 1 aromatic carbocycles. The normalized spacial score (nSPS) is 22.6. The molecule has 1 saturated carbocycles. The first-order valence-corrected chi connectivity index (χ1v) is 7.92. The van der Waals surface area contributed by atoms with Gasteiger partial charge in [-0.3, -0.25) is 4.79 Å². The highest BCUT2D eigenvalue weighted by Gasteiger charge is 2.34. The summed E-state index contributed by atoms with van der Waals surface area (Å²) in [6.07, 6.45) is 5.97. The molecule has 2 aliphatic rings. The van der Waals surface area contributed by atoms with Gasteiger partial charge in [-0.2, -0.15) is 0 Å². The van der Waals surface area contributed by atoms with Crippen LogP contribution >= 0.6 is 11.6 Å². The molecule has 3 nitrogen and oxygen atoms in total.